The molecule has 1 aromatic heterocycles. The zero-order valence-corrected chi connectivity index (χ0v) is 15.6. The van der Waals surface area contributed by atoms with Gasteiger partial charge in [-0.1, -0.05) is 11.6 Å². The van der Waals surface area contributed by atoms with Crippen molar-refractivity contribution >= 4 is 28.4 Å². The van der Waals surface area contributed by atoms with E-state index in [0.717, 1.165) is 31.7 Å². The number of pyridine rings is 1. The van der Waals surface area contributed by atoms with Crippen LogP contribution in [0.3, 0.4) is 0 Å². The highest BCUT2D eigenvalue weighted by molar-refractivity contribution is 6.31. The number of aromatic nitrogens is 1. The third-order valence-corrected chi connectivity index (χ3v) is 6.73. The molecule has 2 saturated carbocycles. The van der Waals surface area contributed by atoms with Crippen LogP contribution in [0.2, 0.25) is 5.02 Å². The molecule has 2 aliphatic carbocycles. The van der Waals surface area contributed by atoms with Gasteiger partial charge >= 0.3 is 0 Å². The number of rotatable bonds is 2. The number of hydrogen-bond acceptors (Lipinski definition) is 3. The molecule has 3 aliphatic rings. The standard InChI is InChI=1S/C20H21ClFN3O2/c21-15-6-18-12(5-16(15)22)19(26)14(9-25(18)11-2-3-11)20(27)24-7-10-1-4-17(23)13(10)8-24/h5-6,9-11,13,17H,1-4,7-8,23H2. The van der Waals surface area contributed by atoms with Gasteiger partial charge in [0.15, 0.2) is 0 Å². The molecule has 1 saturated heterocycles. The molecule has 7 heteroatoms. The molecule has 1 amide bonds. The molecule has 1 aromatic carbocycles. The van der Waals surface area contributed by atoms with E-state index in [1.165, 1.54) is 6.07 Å². The first-order valence-electron chi connectivity index (χ1n) is 9.53. The molecule has 27 heavy (non-hydrogen) atoms. The van der Waals surface area contributed by atoms with Crippen LogP contribution in [0.4, 0.5) is 4.39 Å². The van der Waals surface area contributed by atoms with Gasteiger partial charge in [-0.05, 0) is 49.7 Å². The van der Waals surface area contributed by atoms with E-state index in [9.17, 15) is 14.0 Å². The van der Waals surface area contributed by atoms with Crippen molar-refractivity contribution in [2.45, 2.75) is 37.8 Å². The van der Waals surface area contributed by atoms with Gasteiger partial charge in [0.2, 0.25) is 5.43 Å². The number of carbonyl (C=O) groups excluding carboxylic acids is 1. The van der Waals surface area contributed by atoms with Crippen LogP contribution >= 0.6 is 11.6 Å². The van der Waals surface area contributed by atoms with Crippen LogP contribution in [0.15, 0.2) is 23.1 Å². The van der Waals surface area contributed by atoms with Crippen LogP contribution in [0.25, 0.3) is 10.9 Å². The van der Waals surface area contributed by atoms with E-state index in [1.54, 1.807) is 11.1 Å². The van der Waals surface area contributed by atoms with Gasteiger partial charge in [-0.2, -0.15) is 0 Å². The van der Waals surface area contributed by atoms with E-state index < -0.39 is 11.2 Å². The predicted molar refractivity (Wildman–Crippen MR) is 102 cm³/mol. The van der Waals surface area contributed by atoms with Crippen LogP contribution < -0.4 is 11.2 Å². The largest absolute Gasteiger partial charge is 0.343 e. The van der Waals surface area contributed by atoms with Gasteiger partial charge in [0.1, 0.15) is 11.4 Å². The number of likely N-dealkylation sites (tertiary alicyclic amines) is 1. The fourth-order valence-electron chi connectivity index (χ4n) is 4.79. The number of fused-ring (bicyclic) bond motifs is 2. The minimum atomic E-state index is -0.644. The van der Waals surface area contributed by atoms with Crippen molar-refractivity contribution in [1.29, 1.82) is 0 Å². The van der Waals surface area contributed by atoms with Crippen molar-refractivity contribution in [3.63, 3.8) is 0 Å². The highest BCUT2D eigenvalue weighted by Crippen LogP contribution is 2.39. The van der Waals surface area contributed by atoms with Crippen molar-refractivity contribution in [1.82, 2.24) is 9.47 Å². The van der Waals surface area contributed by atoms with Gasteiger partial charge < -0.3 is 15.2 Å². The summed E-state index contributed by atoms with van der Waals surface area (Å²) in [6.07, 6.45) is 5.63. The smallest absolute Gasteiger partial charge is 0.259 e. The number of amides is 1. The normalized spacial score (nSPS) is 27.4. The second-order valence-corrected chi connectivity index (χ2v) is 8.58. The summed E-state index contributed by atoms with van der Waals surface area (Å²) >= 11 is 5.93. The van der Waals surface area contributed by atoms with E-state index in [-0.39, 0.29) is 34.0 Å². The molecule has 0 spiro atoms. The summed E-state index contributed by atoms with van der Waals surface area (Å²) in [5, 5.41) is 0.197. The molecule has 3 fully saturated rings. The molecule has 0 radical (unpaired) electrons. The third kappa shape index (κ3) is 2.69. The summed E-state index contributed by atoms with van der Waals surface area (Å²) in [4.78, 5) is 27.9. The molecule has 5 nitrogen and oxygen atoms in total. The first kappa shape index (κ1) is 17.2. The maximum Gasteiger partial charge on any atom is 0.259 e. The van der Waals surface area contributed by atoms with Crippen molar-refractivity contribution in [3.8, 4) is 0 Å². The summed E-state index contributed by atoms with van der Waals surface area (Å²) in [6, 6.07) is 3.00. The average molecular weight is 390 g/mol. The number of hydrogen-bond donors (Lipinski definition) is 1. The Morgan fingerprint density at radius 1 is 1.19 bits per heavy atom. The van der Waals surface area contributed by atoms with Crippen molar-refractivity contribution < 1.29 is 9.18 Å². The van der Waals surface area contributed by atoms with Gasteiger partial charge in [-0.15, -0.1) is 0 Å². The Hall–Kier alpha value is -1.92. The van der Waals surface area contributed by atoms with Crippen LogP contribution in [0.5, 0.6) is 0 Å². The Morgan fingerprint density at radius 2 is 1.96 bits per heavy atom. The lowest BCUT2D eigenvalue weighted by Crippen LogP contribution is -2.36. The third-order valence-electron chi connectivity index (χ3n) is 6.44. The zero-order chi connectivity index (χ0) is 18.9. The second-order valence-electron chi connectivity index (χ2n) is 8.17. The van der Waals surface area contributed by atoms with Gasteiger partial charge in [-0.25, -0.2) is 4.39 Å². The summed E-state index contributed by atoms with van der Waals surface area (Å²) in [5.74, 6) is -0.175. The number of nitrogens with zero attached hydrogens (tertiary/aromatic N) is 2. The number of nitrogens with two attached hydrogens (primary N) is 1. The molecular weight excluding hydrogens is 369 g/mol. The lowest BCUT2D eigenvalue weighted by Gasteiger charge is -2.20. The topological polar surface area (TPSA) is 68.3 Å². The SMILES string of the molecule is NC1CCC2CN(C(=O)c3cn(C4CC4)c4cc(Cl)c(F)cc4c3=O)CC12. The molecule has 0 bridgehead atoms. The summed E-state index contributed by atoms with van der Waals surface area (Å²) in [7, 11) is 0. The summed E-state index contributed by atoms with van der Waals surface area (Å²) in [5.41, 5.74) is 6.45. The van der Waals surface area contributed by atoms with Crippen molar-refractivity contribution in [2.24, 2.45) is 17.6 Å². The minimum Gasteiger partial charge on any atom is -0.343 e. The zero-order valence-electron chi connectivity index (χ0n) is 14.8. The Kier molecular flexibility index (Phi) is 3.85. The van der Waals surface area contributed by atoms with Crippen molar-refractivity contribution in [2.75, 3.05) is 13.1 Å². The van der Waals surface area contributed by atoms with E-state index in [4.69, 9.17) is 17.3 Å². The monoisotopic (exact) mass is 389 g/mol. The fourth-order valence-corrected chi connectivity index (χ4v) is 4.95. The molecule has 2 heterocycles. The van der Waals surface area contributed by atoms with Crippen LogP contribution in [-0.4, -0.2) is 34.5 Å². The Labute approximate surface area is 160 Å². The maximum atomic E-state index is 14.0. The second kappa shape index (κ2) is 6.04. The molecule has 3 unspecified atom stereocenters. The van der Waals surface area contributed by atoms with Gasteiger partial charge in [-0.3, -0.25) is 9.59 Å². The maximum absolute atomic E-state index is 14.0. The predicted octanol–water partition coefficient (Wildman–Crippen LogP) is 2.94. The highest BCUT2D eigenvalue weighted by Gasteiger charge is 2.43. The van der Waals surface area contributed by atoms with Crippen LogP contribution in [-0.2, 0) is 0 Å². The molecular formula is C20H21ClFN3O2. The molecule has 1 aliphatic heterocycles. The molecule has 2 aromatic rings. The Bertz CT molecular complexity index is 1020. The van der Waals surface area contributed by atoms with Crippen LogP contribution in [0.1, 0.15) is 42.1 Å². The van der Waals surface area contributed by atoms with Gasteiger partial charge in [0.25, 0.3) is 5.91 Å². The first-order valence-corrected chi connectivity index (χ1v) is 9.90. The van der Waals surface area contributed by atoms with Gasteiger partial charge in [0.05, 0.1) is 10.5 Å². The number of halogens is 2. The Balaban J connectivity index is 1.59. The lowest BCUT2D eigenvalue weighted by molar-refractivity contribution is 0.0777. The number of benzene rings is 1. The quantitative estimate of drug-likeness (QED) is 0.858. The van der Waals surface area contributed by atoms with Crippen molar-refractivity contribution in [3.05, 3.63) is 45.0 Å². The van der Waals surface area contributed by atoms with E-state index >= 15 is 0 Å². The molecule has 2 N–H and O–H groups in total. The van der Waals surface area contributed by atoms with Gasteiger partial charge in [0, 0.05) is 36.8 Å². The molecule has 5 rings (SSSR count). The fraction of sp³-hybridized carbons (Fsp3) is 0.500. The van der Waals surface area contributed by atoms with E-state index in [2.05, 4.69) is 0 Å². The molecule has 142 valence electrons. The Morgan fingerprint density at radius 3 is 2.67 bits per heavy atom. The van der Waals surface area contributed by atoms with E-state index in [0.29, 0.717) is 30.4 Å². The lowest BCUT2D eigenvalue weighted by atomic mass is 9.98. The summed E-state index contributed by atoms with van der Waals surface area (Å²) < 4.78 is 15.9. The highest BCUT2D eigenvalue weighted by atomic mass is 35.5. The first-order chi connectivity index (χ1) is 12.9. The minimum absolute atomic E-state index is 0.0169. The molecule has 3 atom stereocenters. The average Bonchev–Trinajstić information content (AvgIpc) is 3.30. The van der Waals surface area contributed by atoms with E-state index in [1.807, 2.05) is 4.57 Å². The number of carbonyl (C=O) groups is 1. The van der Waals surface area contributed by atoms with Crippen LogP contribution in [0, 0.1) is 17.7 Å². The summed E-state index contributed by atoms with van der Waals surface area (Å²) in [6.45, 7) is 1.24.